The van der Waals surface area contributed by atoms with Gasteiger partial charge in [-0.3, -0.25) is 4.90 Å². The molecule has 0 saturated heterocycles. The molecule has 1 aromatic heterocycles. The van der Waals surface area contributed by atoms with Crippen LogP contribution in [0.5, 0.6) is 0 Å². The van der Waals surface area contributed by atoms with Crippen LogP contribution in [0, 0.1) is 0 Å². The fraction of sp³-hybridized carbons (Fsp3) is 0.409. The molecule has 0 aliphatic carbocycles. The summed E-state index contributed by atoms with van der Waals surface area (Å²) in [4.78, 5) is 7.40. The maximum Gasteiger partial charge on any atom is 0.140 e. The van der Waals surface area contributed by atoms with Gasteiger partial charge >= 0.3 is 0 Å². The summed E-state index contributed by atoms with van der Waals surface area (Å²) in [7, 11) is 2.14. The number of hydrogen-bond donors (Lipinski definition) is 0. The summed E-state index contributed by atoms with van der Waals surface area (Å²) in [6.45, 7) is 5.30. The number of unbranched alkanes of at least 4 members (excludes halogenated alkanes) is 2. The van der Waals surface area contributed by atoms with Crippen molar-refractivity contribution in [1.29, 1.82) is 0 Å². The highest BCUT2D eigenvalue weighted by molar-refractivity contribution is 5.56. The first-order valence-corrected chi connectivity index (χ1v) is 9.43. The molecule has 0 unspecified atom stereocenters. The van der Waals surface area contributed by atoms with Crippen molar-refractivity contribution in [3.63, 3.8) is 0 Å². The fourth-order valence-corrected chi connectivity index (χ4v) is 3.33. The van der Waals surface area contributed by atoms with Gasteiger partial charge in [0.1, 0.15) is 5.82 Å². The molecule has 0 radical (unpaired) electrons. The van der Waals surface area contributed by atoms with Gasteiger partial charge in [-0.1, -0.05) is 74.4 Å². The normalized spacial score (nSPS) is 15.3. The summed E-state index contributed by atoms with van der Waals surface area (Å²) in [5.41, 5.74) is 3.82. The first-order chi connectivity index (χ1) is 12.3. The molecule has 1 aliphatic rings. The first-order valence-electron chi connectivity index (χ1n) is 9.43. The lowest BCUT2D eigenvalue weighted by atomic mass is 10.1. The van der Waals surface area contributed by atoms with E-state index in [9.17, 15) is 0 Å². The van der Waals surface area contributed by atoms with E-state index in [1.165, 1.54) is 36.2 Å². The molecule has 0 spiro atoms. The summed E-state index contributed by atoms with van der Waals surface area (Å²) in [6.07, 6.45) is 13.7. The summed E-state index contributed by atoms with van der Waals surface area (Å²) in [6, 6.07) is 10.5. The molecule has 0 fully saturated rings. The quantitative estimate of drug-likeness (QED) is 0.538. The predicted molar refractivity (Wildman–Crippen MR) is 105 cm³/mol. The molecule has 132 valence electrons. The lowest BCUT2D eigenvalue weighted by Crippen LogP contribution is -2.31. The third-order valence-corrected chi connectivity index (χ3v) is 4.84. The van der Waals surface area contributed by atoms with E-state index >= 15 is 0 Å². The number of allylic oxidation sites excluding steroid dienone is 3. The van der Waals surface area contributed by atoms with Gasteiger partial charge in [0.2, 0.25) is 0 Å². The Kier molecular flexibility index (Phi) is 6.24. The summed E-state index contributed by atoms with van der Waals surface area (Å²) in [5, 5.41) is 0. The van der Waals surface area contributed by atoms with Gasteiger partial charge < -0.3 is 4.57 Å². The minimum Gasteiger partial charge on any atom is -0.330 e. The van der Waals surface area contributed by atoms with Gasteiger partial charge in [0.05, 0.1) is 11.4 Å². The Morgan fingerprint density at radius 1 is 1.12 bits per heavy atom. The van der Waals surface area contributed by atoms with Crippen LogP contribution in [0.25, 0.3) is 11.4 Å². The van der Waals surface area contributed by atoms with E-state index in [0.717, 1.165) is 31.9 Å². The van der Waals surface area contributed by atoms with Gasteiger partial charge in [-0.25, -0.2) is 4.98 Å². The van der Waals surface area contributed by atoms with Gasteiger partial charge in [-0.15, -0.1) is 0 Å². The van der Waals surface area contributed by atoms with E-state index in [-0.39, 0.29) is 0 Å². The maximum absolute atomic E-state index is 4.90. The highest BCUT2D eigenvalue weighted by atomic mass is 15.2. The first kappa shape index (κ1) is 17.7. The lowest BCUT2D eigenvalue weighted by Gasteiger charge is -2.25. The number of imidazole rings is 1. The highest BCUT2D eigenvalue weighted by Gasteiger charge is 2.22. The largest absolute Gasteiger partial charge is 0.330 e. The molecular formula is C22H29N3. The SMILES string of the molecule is CCCC/C=C/C=C/CN1CCc2nc(-c3ccccc3)n(C)c2C1. The van der Waals surface area contributed by atoms with Crippen molar-refractivity contribution in [3.8, 4) is 11.4 Å². The van der Waals surface area contributed by atoms with E-state index in [1.54, 1.807) is 0 Å². The number of rotatable bonds is 7. The van der Waals surface area contributed by atoms with Crippen molar-refractivity contribution in [1.82, 2.24) is 14.5 Å². The third-order valence-electron chi connectivity index (χ3n) is 4.84. The lowest BCUT2D eigenvalue weighted by molar-refractivity contribution is 0.273. The van der Waals surface area contributed by atoms with E-state index in [4.69, 9.17) is 4.98 Å². The molecule has 0 bridgehead atoms. The highest BCUT2D eigenvalue weighted by Crippen LogP contribution is 2.25. The van der Waals surface area contributed by atoms with Crippen molar-refractivity contribution >= 4 is 0 Å². The zero-order valence-electron chi connectivity index (χ0n) is 15.5. The van der Waals surface area contributed by atoms with Crippen LogP contribution in [0.4, 0.5) is 0 Å². The molecule has 3 heteroatoms. The van der Waals surface area contributed by atoms with Crippen LogP contribution in [0.15, 0.2) is 54.6 Å². The standard InChI is InChI=1S/C22H29N3/c1-3-4-5-6-7-8-12-16-25-17-15-20-21(18-25)24(2)22(23-20)19-13-10-9-11-14-19/h6-14H,3-5,15-18H2,1-2H3/b7-6+,12-8+. The Balaban J connectivity index is 1.61. The summed E-state index contributed by atoms with van der Waals surface area (Å²) < 4.78 is 2.27. The molecule has 3 nitrogen and oxygen atoms in total. The van der Waals surface area contributed by atoms with Crippen LogP contribution in [0.2, 0.25) is 0 Å². The van der Waals surface area contributed by atoms with Gasteiger partial charge in [-0.2, -0.15) is 0 Å². The average molecular weight is 335 g/mol. The van der Waals surface area contributed by atoms with Crippen molar-refractivity contribution < 1.29 is 0 Å². The van der Waals surface area contributed by atoms with Gasteiger partial charge in [0.15, 0.2) is 0 Å². The van der Waals surface area contributed by atoms with Gasteiger partial charge in [0, 0.05) is 38.7 Å². The molecule has 0 saturated carbocycles. The van der Waals surface area contributed by atoms with Crippen molar-refractivity contribution in [3.05, 3.63) is 66.0 Å². The summed E-state index contributed by atoms with van der Waals surface area (Å²) >= 11 is 0. The Morgan fingerprint density at radius 2 is 1.92 bits per heavy atom. The Hall–Kier alpha value is -2.13. The van der Waals surface area contributed by atoms with Crippen LogP contribution < -0.4 is 0 Å². The van der Waals surface area contributed by atoms with Gasteiger partial charge in [0.25, 0.3) is 0 Å². The van der Waals surface area contributed by atoms with E-state index in [1.807, 2.05) is 0 Å². The number of benzene rings is 1. The molecule has 0 atom stereocenters. The van der Waals surface area contributed by atoms with Crippen molar-refractivity contribution in [2.24, 2.45) is 7.05 Å². The summed E-state index contributed by atoms with van der Waals surface area (Å²) in [5.74, 6) is 1.09. The number of hydrogen-bond acceptors (Lipinski definition) is 2. The van der Waals surface area contributed by atoms with Crippen LogP contribution in [0.3, 0.4) is 0 Å². The van der Waals surface area contributed by atoms with Crippen molar-refractivity contribution in [2.75, 3.05) is 13.1 Å². The molecular weight excluding hydrogens is 306 g/mol. The maximum atomic E-state index is 4.90. The molecule has 1 aromatic carbocycles. The number of aromatic nitrogens is 2. The van der Waals surface area contributed by atoms with Gasteiger partial charge in [-0.05, 0) is 6.42 Å². The molecule has 3 rings (SSSR count). The van der Waals surface area contributed by atoms with Crippen LogP contribution in [0.1, 0.15) is 37.6 Å². The zero-order valence-corrected chi connectivity index (χ0v) is 15.5. The molecule has 1 aliphatic heterocycles. The van der Waals surface area contributed by atoms with Crippen LogP contribution in [-0.4, -0.2) is 27.5 Å². The topological polar surface area (TPSA) is 21.1 Å². The predicted octanol–water partition coefficient (Wildman–Crippen LogP) is 4.75. The molecule has 0 N–H and O–H groups in total. The minimum atomic E-state index is 0.982. The van der Waals surface area contributed by atoms with E-state index in [2.05, 4.69) is 78.1 Å². The monoisotopic (exact) mass is 335 g/mol. The second kappa shape index (κ2) is 8.82. The van der Waals surface area contributed by atoms with Crippen molar-refractivity contribution in [2.45, 2.75) is 39.2 Å². The fourth-order valence-electron chi connectivity index (χ4n) is 3.33. The Morgan fingerprint density at radius 3 is 2.72 bits per heavy atom. The average Bonchev–Trinajstić information content (AvgIpc) is 2.98. The van der Waals surface area contributed by atoms with E-state index in [0.29, 0.717) is 0 Å². The molecule has 2 aromatic rings. The smallest absolute Gasteiger partial charge is 0.140 e. The Bertz CT molecular complexity index is 725. The third kappa shape index (κ3) is 4.49. The Labute approximate surface area is 151 Å². The molecule has 0 amide bonds. The van der Waals surface area contributed by atoms with E-state index < -0.39 is 0 Å². The number of fused-ring (bicyclic) bond motifs is 1. The van der Waals surface area contributed by atoms with Crippen LogP contribution in [-0.2, 0) is 20.0 Å². The second-order valence-corrected chi connectivity index (χ2v) is 6.74. The minimum absolute atomic E-state index is 0.982. The molecule has 2 heterocycles. The van der Waals surface area contributed by atoms with Crippen LogP contribution >= 0.6 is 0 Å². The number of nitrogens with zero attached hydrogens (tertiary/aromatic N) is 3. The molecule has 25 heavy (non-hydrogen) atoms. The second-order valence-electron chi connectivity index (χ2n) is 6.74. The zero-order chi connectivity index (χ0) is 17.5.